The van der Waals surface area contributed by atoms with Gasteiger partial charge in [0.05, 0.1) is 12.3 Å². The van der Waals surface area contributed by atoms with Crippen molar-refractivity contribution >= 4 is 33.3 Å². The molecular weight excluding hydrogens is 470 g/mol. The molecule has 0 aliphatic carbocycles. The van der Waals surface area contributed by atoms with E-state index >= 15 is 0 Å². The molecule has 3 aromatic carbocycles. The number of guanidine groups is 1. The zero-order valence-corrected chi connectivity index (χ0v) is 19.0. The third-order valence-electron chi connectivity index (χ3n) is 5.12. The minimum atomic E-state index is -4.38. The molecule has 0 radical (unpaired) electrons. The van der Waals surface area contributed by atoms with E-state index in [2.05, 4.69) is 14.8 Å². The van der Waals surface area contributed by atoms with Crippen LogP contribution in [0.15, 0.2) is 87.8 Å². The number of benzene rings is 3. The van der Waals surface area contributed by atoms with Gasteiger partial charge in [0.25, 0.3) is 10.0 Å². The lowest BCUT2D eigenvalue weighted by Crippen LogP contribution is -2.41. The van der Waals surface area contributed by atoms with Gasteiger partial charge in [-0.3, -0.25) is 4.99 Å². The summed E-state index contributed by atoms with van der Waals surface area (Å²) in [6, 6.07) is 19.0. The summed E-state index contributed by atoms with van der Waals surface area (Å²) in [4.78, 5) is 3.34. The summed E-state index contributed by atoms with van der Waals surface area (Å²) in [7, 11) is -2.98. The molecule has 0 saturated carbocycles. The number of aliphatic imine (C=N–C) groups is 1. The van der Waals surface area contributed by atoms with Crippen LogP contribution >= 0.6 is 11.6 Å². The Kier molecular flexibility index (Phi) is 6.44. The molecule has 10 heteroatoms. The largest absolute Gasteiger partial charge is 0.267 e. The van der Waals surface area contributed by atoms with E-state index in [4.69, 9.17) is 11.6 Å². The zero-order chi connectivity index (χ0) is 23.6. The molecule has 0 saturated heterocycles. The third-order valence-corrected chi connectivity index (χ3v) is 6.73. The molecule has 0 fully saturated rings. The molecule has 0 aromatic heterocycles. The van der Waals surface area contributed by atoms with E-state index < -0.39 is 26.6 Å². The van der Waals surface area contributed by atoms with Crippen LogP contribution in [0.25, 0.3) is 0 Å². The molecule has 1 heterocycles. The van der Waals surface area contributed by atoms with E-state index in [0.717, 1.165) is 23.3 Å². The van der Waals surface area contributed by atoms with Crippen LogP contribution in [0, 0.1) is 11.6 Å². The van der Waals surface area contributed by atoms with Gasteiger partial charge in [0.2, 0.25) is 5.96 Å². The molecule has 6 nitrogen and oxygen atoms in total. The Labute approximate surface area is 195 Å². The van der Waals surface area contributed by atoms with Gasteiger partial charge in [0.1, 0.15) is 16.5 Å². The Morgan fingerprint density at radius 1 is 1.09 bits per heavy atom. The topological polar surface area (TPSA) is 74.1 Å². The van der Waals surface area contributed by atoms with Crippen LogP contribution in [-0.4, -0.2) is 38.7 Å². The number of halogens is 3. The summed E-state index contributed by atoms with van der Waals surface area (Å²) in [5.41, 5.74) is 2.50. The Bertz CT molecular complexity index is 1330. The maximum absolute atomic E-state index is 14.1. The van der Waals surface area contributed by atoms with E-state index in [9.17, 15) is 17.2 Å². The van der Waals surface area contributed by atoms with Crippen molar-refractivity contribution in [2.24, 2.45) is 10.1 Å². The Morgan fingerprint density at radius 3 is 2.42 bits per heavy atom. The monoisotopic (exact) mass is 488 g/mol. The number of sulfonamides is 1. The highest BCUT2D eigenvalue weighted by molar-refractivity contribution is 7.90. The van der Waals surface area contributed by atoms with Crippen molar-refractivity contribution in [1.29, 1.82) is 0 Å². The summed E-state index contributed by atoms with van der Waals surface area (Å²) in [6.07, 6.45) is 0. The standard InChI is InChI=1S/C23H19ClF2N4O2S/c1-27-23(29-33(31,32)21-12-11-18(25)13-20(21)26)30-14-19(15-5-3-2-4-6-15)22(28-30)16-7-9-17(24)10-8-16/h2-13,19H,14H2,1H3,(H,27,29)/t19-/m1/s1. The molecule has 0 unspecified atom stereocenters. The molecule has 4 rings (SSSR count). The first kappa shape index (κ1) is 22.9. The van der Waals surface area contributed by atoms with Crippen LogP contribution in [-0.2, 0) is 10.0 Å². The molecule has 1 atom stereocenters. The van der Waals surface area contributed by atoms with Gasteiger partial charge >= 0.3 is 0 Å². The normalized spacial score (nSPS) is 16.6. The molecule has 0 spiro atoms. The quantitative estimate of drug-likeness (QED) is 0.437. The fourth-order valence-electron chi connectivity index (χ4n) is 3.54. The number of nitrogens with one attached hydrogen (secondary N) is 1. The predicted molar refractivity (Wildman–Crippen MR) is 124 cm³/mol. The van der Waals surface area contributed by atoms with Crippen molar-refractivity contribution < 1.29 is 17.2 Å². The third kappa shape index (κ3) is 4.89. The minimum Gasteiger partial charge on any atom is -0.254 e. The highest BCUT2D eigenvalue weighted by Crippen LogP contribution is 2.29. The summed E-state index contributed by atoms with van der Waals surface area (Å²) >= 11 is 6.03. The molecule has 3 aromatic rings. The molecule has 170 valence electrons. The molecule has 33 heavy (non-hydrogen) atoms. The van der Waals surface area contributed by atoms with Crippen LogP contribution in [0.5, 0.6) is 0 Å². The first-order valence-corrected chi connectivity index (χ1v) is 11.8. The van der Waals surface area contributed by atoms with Crippen molar-refractivity contribution in [2.75, 3.05) is 13.6 Å². The predicted octanol–water partition coefficient (Wildman–Crippen LogP) is 4.39. The van der Waals surface area contributed by atoms with Gasteiger partial charge in [-0.1, -0.05) is 54.1 Å². The van der Waals surface area contributed by atoms with Crippen LogP contribution in [0.1, 0.15) is 17.0 Å². The van der Waals surface area contributed by atoms with E-state index in [1.807, 2.05) is 42.5 Å². The number of nitrogens with zero attached hydrogens (tertiary/aromatic N) is 3. The highest BCUT2D eigenvalue weighted by Gasteiger charge is 2.33. The second-order valence-corrected chi connectivity index (χ2v) is 9.35. The Balaban J connectivity index is 1.68. The second kappa shape index (κ2) is 9.29. The average molecular weight is 489 g/mol. The van der Waals surface area contributed by atoms with Crippen molar-refractivity contribution in [3.63, 3.8) is 0 Å². The van der Waals surface area contributed by atoms with Gasteiger partial charge < -0.3 is 0 Å². The van der Waals surface area contributed by atoms with Crippen LogP contribution in [0.3, 0.4) is 0 Å². The van der Waals surface area contributed by atoms with Gasteiger partial charge in [0.15, 0.2) is 0 Å². The van der Waals surface area contributed by atoms with Crippen molar-refractivity contribution in [2.45, 2.75) is 10.8 Å². The maximum atomic E-state index is 14.1. The van der Waals surface area contributed by atoms with Gasteiger partial charge in [-0.15, -0.1) is 0 Å². The molecular formula is C23H19ClF2N4O2S. The fraction of sp³-hybridized carbons (Fsp3) is 0.130. The minimum absolute atomic E-state index is 0.0939. The van der Waals surface area contributed by atoms with E-state index in [-0.39, 0.29) is 11.9 Å². The maximum Gasteiger partial charge on any atom is 0.267 e. The van der Waals surface area contributed by atoms with Crippen molar-refractivity contribution in [3.8, 4) is 0 Å². The SMILES string of the molecule is CN=C(NS(=O)(=O)c1ccc(F)cc1F)N1C[C@H](c2ccccc2)C(c2ccc(Cl)cc2)=N1. The van der Waals surface area contributed by atoms with Gasteiger partial charge in [-0.05, 0) is 35.4 Å². The molecule has 0 bridgehead atoms. The van der Waals surface area contributed by atoms with Gasteiger partial charge in [-0.2, -0.15) is 5.10 Å². The molecule has 1 aliphatic heterocycles. The number of hydrogen-bond donors (Lipinski definition) is 1. The van der Waals surface area contributed by atoms with Crippen LogP contribution in [0.4, 0.5) is 8.78 Å². The Morgan fingerprint density at radius 2 is 1.79 bits per heavy atom. The van der Waals surface area contributed by atoms with Crippen LogP contribution in [0.2, 0.25) is 5.02 Å². The molecule has 0 amide bonds. The first-order valence-electron chi connectivity index (χ1n) is 9.90. The number of hydrazone groups is 1. The van der Waals surface area contributed by atoms with E-state index in [0.29, 0.717) is 23.3 Å². The first-order chi connectivity index (χ1) is 15.8. The van der Waals surface area contributed by atoms with Crippen LogP contribution < -0.4 is 4.72 Å². The smallest absolute Gasteiger partial charge is 0.254 e. The summed E-state index contributed by atoms with van der Waals surface area (Å²) in [5.74, 6) is -2.36. The average Bonchev–Trinajstić information content (AvgIpc) is 3.23. The summed E-state index contributed by atoms with van der Waals surface area (Å²) in [6.45, 7) is 0.295. The highest BCUT2D eigenvalue weighted by atomic mass is 35.5. The fourth-order valence-corrected chi connectivity index (χ4v) is 4.78. The lowest BCUT2D eigenvalue weighted by molar-refractivity contribution is 0.462. The number of hydrogen-bond acceptors (Lipinski definition) is 4. The van der Waals surface area contributed by atoms with E-state index in [1.165, 1.54) is 12.1 Å². The van der Waals surface area contributed by atoms with Crippen molar-refractivity contribution in [1.82, 2.24) is 9.73 Å². The summed E-state index contributed by atoms with van der Waals surface area (Å²) < 4.78 is 55.2. The van der Waals surface area contributed by atoms with Gasteiger partial charge in [0, 0.05) is 24.1 Å². The Hall–Kier alpha value is -3.30. The van der Waals surface area contributed by atoms with E-state index in [1.54, 1.807) is 12.1 Å². The molecule has 1 aliphatic rings. The zero-order valence-electron chi connectivity index (χ0n) is 17.4. The van der Waals surface area contributed by atoms with Gasteiger partial charge in [-0.25, -0.2) is 26.9 Å². The number of rotatable bonds is 4. The lowest BCUT2D eigenvalue weighted by atomic mass is 9.91. The lowest BCUT2D eigenvalue weighted by Gasteiger charge is -2.19. The second-order valence-electron chi connectivity index (χ2n) is 7.26. The van der Waals surface area contributed by atoms with Crippen molar-refractivity contribution in [3.05, 3.63) is 101 Å². The molecule has 1 N–H and O–H groups in total. The summed E-state index contributed by atoms with van der Waals surface area (Å²) in [5, 5.41) is 6.62.